The fourth-order valence-electron chi connectivity index (χ4n) is 16.8. The van der Waals surface area contributed by atoms with Crippen molar-refractivity contribution in [3.05, 3.63) is 226 Å². The summed E-state index contributed by atoms with van der Waals surface area (Å²) in [4.78, 5) is 4.97. The highest BCUT2D eigenvalue weighted by molar-refractivity contribution is 6.09. The van der Waals surface area contributed by atoms with Gasteiger partial charge in [-0.3, -0.25) is 0 Å². The Kier molecular flexibility index (Phi) is 8.90. The molecule has 1 aromatic heterocycles. The lowest BCUT2D eigenvalue weighted by atomic mass is 9.43. The third-order valence-electron chi connectivity index (χ3n) is 19.9. The molecule has 0 aliphatic heterocycles. The molecule has 4 bridgehead atoms. The van der Waals surface area contributed by atoms with Gasteiger partial charge in [-0.1, -0.05) is 119 Å². The molecular formula is C72H62N2O. The monoisotopic (exact) mass is 970 g/mol. The van der Waals surface area contributed by atoms with Crippen molar-refractivity contribution in [2.45, 2.75) is 89.9 Å². The molecule has 7 aliphatic carbocycles. The molecule has 7 aliphatic rings. The number of benzene rings is 9. The molecule has 0 N–H and O–H groups in total. The van der Waals surface area contributed by atoms with Gasteiger partial charge in [0.1, 0.15) is 11.2 Å². The molecule has 75 heavy (non-hydrogen) atoms. The van der Waals surface area contributed by atoms with Crippen molar-refractivity contribution in [3.8, 4) is 33.4 Å². The Morgan fingerprint density at radius 2 is 0.787 bits per heavy atom. The van der Waals surface area contributed by atoms with Crippen molar-refractivity contribution in [1.29, 1.82) is 0 Å². The van der Waals surface area contributed by atoms with Gasteiger partial charge in [-0.25, -0.2) is 0 Å². The van der Waals surface area contributed by atoms with Crippen molar-refractivity contribution in [1.82, 2.24) is 0 Å². The molecule has 3 heteroatoms. The first-order chi connectivity index (χ1) is 36.4. The Hall–Kier alpha value is -7.62. The zero-order chi connectivity index (χ0) is 50.3. The second kappa shape index (κ2) is 15.3. The summed E-state index contributed by atoms with van der Waals surface area (Å²) in [6, 6.07) is 70.0. The first-order valence-corrected chi connectivity index (χ1v) is 27.8. The summed E-state index contributed by atoms with van der Waals surface area (Å²) < 4.78 is 7.15. The summed E-state index contributed by atoms with van der Waals surface area (Å²) in [5.74, 6) is 2.92. The lowest BCUT2D eigenvalue weighted by molar-refractivity contribution is -0.0398. The maximum absolute atomic E-state index is 7.15. The molecule has 4 fully saturated rings. The number of rotatable bonds is 6. The zero-order valence-electron chi connectivity index (χ0n) is 44.0. The van der Waals surface area contributed by atoms with Crippen LogP contribution in [0.4, 0.5) is 34.1 Å². The summed E-state index contributed by atoms with van der Waals surface area (Å²) in [7, 11) is 0. The van der Waals surface area contributed by atoms with E-state index in [4.69, 9.17) is 4.42 Å². The second-order valence-electron chi connectivity index (χ2n) is 24.7. The van der Waals surface area contributed by atoms with Crippen LogP contribution in [0.25, 0.3) is 55.3 Å². The first-order valence-electron chi connectivity index (χ1n) is 27.8. The Morgan fingerprint density at radius 3 is 1.36 bits per heavy atom. The average Bonchev–Trinajstić information content (AvgIpc) is 4.20. The Morgan fingerprint density at radius 1 is 0.347 bits per heavy atom. The fourth-order valence-corrected chi connectivity index (χ4v) is 16.8. The quantitative estimate of drug-likeness (QED) is 0.166. The number of anilines is 6. The molecule has 17 rings (SSSR count). The minimum atomic E-state index is -0.0556. The standard InChI is InChI=1S/C72H62N2O/c1-42-13-11-15-48(29-42)73(50-23-27-64-58(36-50)54-17-7-9-19-62(54)70(64,3)4)52-21-25-56-60-41-69-61(40-67(60)72(66(56)38-52)46-32-44-31-45(34-46)35-47(72)33-44)57-26-22-53(39-68(57)75-69)74(49-16-12-14-43(2)30-49)51-24-28-65-59(37-51)55-18-8-10-20-63(55)71(65,5)6/h7-30,36-41,44-47H,31-35H2,1-6H3. The molecule has 0 atom stereocenters. The Bertz CT molecular complexity index is 4060. The van der Waals surface area contributed by atoms with E-state index in [2.05, 4.69) is 233 Å². The second-order valence-corrected chi connectivity index (χ2v) is 24.7. The SMILES string of the molecule is Cc1cccc(N(c2ccc3c(c2)-c2ccccc2C3(C)C)c2ccc3c(c2)C2(c4cc5c(cc4-3)oc3cc(N(c4cccc(C)c4)c4ccc6c(c4)-c4ccccc4C6(C)C)ccc35)C3CC4CC(C3)CC2C4)c1. The van der Waals surface area contributed by atoms with E-state index in [-0.39, 0.29) is 16.2 Å². The van der Waals surface area contributed by atoms with Crippen LogP contribution in [0.3, 0.4) is 0 Å². The predicted molar refractivity (Wildman–Crippen MR) is 311 cm³/mol. The smallest absolute Gasteiger partial charge is 0.137 e. The minimum Gasteiger partial charge on any atom is -0.456 e. The van der Waals surface area contributed by atoms with Gasteiger partial charge in [-0.15, -0.1) is 0 Å². The number of aryl methyl sites for hydroxylation is 2. The third kappa shape index (κ3) is 5.99. The predicted octanol–water partition coefficient (Wildman–Crippen LogP) is 19.5. The van der Waals surface area contributed by atoms with Gasteiger partial charge in [-0.2, -0.15) is 0 Å². The Labute approximate surface area is 441 Å². The highest BCUT2D eigenvalue weighted by atomic mass is 16.3. The van der Waals surface area contributed by atoms with Crippen molar-refractivity contribution >= 4 is 56.1 Å². The van der Waals surface area contributed by atoms with E-state index in [1.54, 1.807) is 11.1 Å². The van der Waals surface area contributed by atoms with E-state index >= 15 is 0 Å². The molecule has 0 amide bonds. The molecule has 0 radical (unpaired) electrons. The molecule has 0 saturated heterocycles. The van der Waals surface area contributed by atoms with E-state index < -0.39 is 0 Å². The Balaban J connectivity index is 0.857. The number of hydrogen-bond donors (Lipinski definition) is 0. The molecule has 3 nitrogen and oxygen atoms in total. The highest BCUT2D eigenvalue weighted by Gasteiger charge is 2.62. The van der Waals surface area contributed by atoms with E-state index in [0.29, 0.717) is 11.8 Å². The molecule has 1 heterocycles. The van der Waals surface area contributed by atoms with Crippen molar-refractivity contribution < 1.29 is 4.42 Å². The molecule has 4 saturated carbocycles. The number of furan rings is 1. The van der Waals surface area contributed by atoms with Gasteiger partial charge in [0.2, 0.25) is 0 Å². The van der Waals surface area contributed by atoms with Crippen LogP contribution in [0.2, 0.25) is 0 Å². The average molecular weight is 971 g/mol. The van der Waals surface area contributed by atoms with Crippen molar-refractivity contribution in [2.75, 3.05) is 9.80 Å². The van der Waals surface area contributed by atoms with Gasteiger partial charge in [0.15, 0.2) is 0 Å². The van der Waals surface area contributed by atoms with E-state index in [1.165, 1.54) is 127 Å². The largest absolute Gasteiger partial charge is 0.456 e. The summed E-state index contributed by atoms with van der Waals surface area (Å²) in [6.45, 7) is 13.9. The lowest BCUT2D eigenvalue weighted by Crippen LogP contribution is -2.55. The zero-order valence-corrected chi connectivity index (χ0v) is 44.0. The molecular weight excluding hydrogens is 909 g/mol. The van der Waals surface area contributed by atoms with Crippen LogP contribution in [0.5, 0.6) is 0 Å². The minimum absolute atomic E-state index is 0.0479. The van der Waals surface area contributed by atoms with Crippen LogP contribution in [0.1, 0.15) is 104 Å². The van der Waals surface area contributed by atoms with Crippen LogP contribution in [-0.4, -0.2) is 0 Å². The van der Waals surface area contributed by atoms with Crippen LogP contribution in [0, 0.1) is 37.5 Å². The van der Waals surface area contributed by atoms with E-state index in [0.717, 1.165) is 40.1 Å². The summed E-state index contributed by atoms with van der Waals surface area (Å²) >= 11 is 0. The van der Waals surface area contributed by atoms with E-state index in [9.17, 15) is 0 Å². The maximum Gasteiger partial charge on any atom is 0.137 e. The maximum atomic E-state index is 7.15. The molecule has 10 aromatic rings. The normalized spacial score (nSPS) is 22.3. The van der Waals surface area contributed by atoms with Crippen LogP contribution < -0.4 is 9.80 Å². The first kappa shape index (κ1) is 43.7. The van der Waals surface area contributed by atoms with Gasteiger partial charge >= 0.3 is 0 Å². The molecule has 0 unspecified atom stereocenters. The third-order valence-corrected chi connectivity index (χ3v) is 19.9. The van der Waals surface area contributed by atoms with Crippen LogP contribution in [0.15, 0.2) is 186 Å². The summed E-state index contributed by atoms with van der Waals surface area (Å²) in [5, 5.41) is 2.42. The van der Waals surface area contributed by atoms with Gasteiger partial charge in [0.25, 0.3) is 0 Å². The van der Waals surface area contributed by atoms with Crippen LogP contribution in [-0.2, 0) is 16.2 Å². The highest BCUT2D eigenvalue weighted by Crippen LogP contribution is 2.70. The van der Waals surface area contributed by atoms with Gasteiger partial charge in [0.05, 0.1) is 0 Å². The van der Waals surface area contributed by atoms with Gasteiger partial charge < -0.3 is 14.2 Å². The van der Waals surface area contributed by atoms with Crippen molar-refractivity contribution in [3.63, 3.8) is 0 Å². The molecule has 366 valence electrons. The molecule has 9 aromatic carbocycles. The van der Waals surface area contributed by atoms with E-state index in [1.807, 2.05) is 0 Å². The summed E-state index contributed by atoms with van der Waals surface area (Å²) in [5.41, 5.74) is 28.1. The lowest BCUT2D eigenvalue weighted by Gasteiger charge is -2.61. The van der Waals surface area contributed by atoms with Gasteiger partial charge in [0, 0.05) is 67.2 Å². The van der Waals surface area contributed by atoms with Crippen molar-refractivity contribution in [2.24, 2.45) is 23.7 Å². The topological polar surface area (TPSA) is 19.6 Å². The van der Waals surface area contributed by atoms with Crippen LogP contribution >= 0.6 is 0 Å². The number of hydrogen-bond acceptors (Lipinski definition) is 3. The fraction of sp³-hybridized carbons (Fsp3) is 0.250. The molecule has 1 spiro atoms. The summed E-state index contributed by atoms with van der Waals surface area (Å²) in [6.07, 6.45) is 6.72. The van der Waals surface area contributed by atoms with Gasteiger partial charge in [-0.05, 0) is 232 Å². The number of fused-ring (bicyclic) bond motifs is 12. The number of nitrogens with zero attached hydrogens (tertiary/aromatic N) is 2.